The molecule has 0 bridgehead atoms. The number of nitrogens with zero attached hydrogens (tertiary/aromatic N) is 3. The Morgan fingerprint density at radius 3 is 2.04 bits per heavy atom. The Morgan fingerprint density at radius 1 is 0.500 bits per heavy atom. The van der Waals surface area contributed by atoms with Gasteiger partial charge in [-0.1, -0.05) is 108 Å². The smallest absolute Gasteiger partial charge is 0.0661 e. The van der Waals surface area contributed by atoms with Crippen molar-refractivity contribution >= 4 is 106 Å². The maximum atomic E-state index is 2.66. The lowest BCUT2D eigenvalue weighted by atomic mass is 10.0. The second kappa shape index (κ2) is 9.23. The Labute approximate surface area is 306 Å². The van der Waals surface area contributed by atoms with E-state index in [9.17, 15) is 0 Å². The lowest BCUT2D eigenvalue weighted by Crippen LogP contribution is -2.03. The fourth-order valence-corrected chi connectivity index (χ4v) is 12.3. The summed E-state index contributed by atoms with van der Waals surface area (Å²) in [5.41, 5.74) is 11.8. The first-order valence-corrected chi connectivity index (χ1v) is 19.8. The fraction of sp³-hybridized carbons (Fsp3) is 0.0638. The molecule has 5 heterocycles. The maximum Gasteiger partial charge on any atom is 0.0661 e. The molecule has 3 aliphatic rings. The summed E-state index contributed by atoms with van der Waals surface area (Å²) in [6.45, 7) is 0. The molecule has 1 aliphatic heterocycles. The van der Waals surface area contributed by atoms with Gasteiger partial charge in [0, 0.05) is 68.9 Å². The third kappa shape index (κ3) is 3.17. The number of allylic oxidation sites excluding steroid dienone is 1. The number of hydrogen-bond donors (Lipinski definition) is 0. The van der Waals surface area contributed by atoms with E-state index in [0.29, 0.717) is 11.8 Å². The second-order valence-electron chi connectivity index (χ2n) is 14.8. The lowest BCUT2D eigenvalue weighted by molar-refractivity contribution is 0.905. The predicted octanol–water partition coefficient (Wildman–Crippen LogP) is 13.1. The zero-order valence-corrected chi connectivity index (χ0v) is 29.4. The van der Waals surface area contributed by atoms with Crippen molar-refractivity contribution in [2.24, 2.45) is 5.92 Å². The van der Waals surface area contributed by atoms with Crippen LogP contribution < -0.4 is 0 Å². The van der Waals surface area contributed by atoms with Crippen molar-refractivity contribution in [3.05, 3.63) is 145 Å². The van der Waals surface area contributed by atoms with Crippen LogP contribution in [0.25, 0.3) is 88.0 Å². The van der Waals surface area contributed by atoms with E-state index in [1.807, 2.05) is 23.5 Å². The second-order valence-corrected chi connectivity index (χ2v) is 17.0. The van der Waals surface area contributed by atoms with Gasteiger partial charge in [-0.05, 0) is 72.3 Å². The van der Waals surface area contributed by atoms with Gasteiger partial charge < -0.3 is 13.4 Å². The normalized spacial score (nSPS) is 17.7. The Balaban J connectivity index is 1.19. The first-order chi connectivity index (χ1) is 25.8. The fourth-order valence-electron chi connectivity index (χ4n) is 10.0. The highest BCUT2D eigenvalue weighted by Crippen LogP contribution is 2.56. The third-order valence-corrected chi connectivity index (χ3v) is 14.8. The largest absolute Gasteiger partial charge is 0.310 e. The predicted molar refractivity (Wildman–Crippen MR) is 218 cm³/mol. The van der Waals surface area contributed by atoms with Gasteiger partial charge in [0.2, 0.25) is 0 Å². The van der Waals surface area contributed by atoms with E-state index in [1.54, 1.807) is 0 Å². The molecular weight excluding hydrogens is 671 g/mol. The van der Waals surface area contributed by atoms with Gasteiger partial charge in [-0.25, -0.2) is 0 Å². The van der Waals surface area contributed by atoms with Gasteiger partial charge in [-0.3, -0.25) is 0 Å². The molecule has 7 aromatic carbocycles. The Hall–Kier alpha value is -5.62. The molecular formula is C47H27N3S2. The van der Waals surface area contributed by atoms with Crippen LogP contribution in [-0.2, 0) is 0 Å². The molecule has 0 spiro atoms. The number of benzene rings is 7. The minimum Gasteiger partial charge on any atom is -0.310 e. The summed E-state index contributed by atoms with van der Waals surface area (Å²) in [7, 11) is 0. The van der Waals surface area contributed by atoms with Gasteiger partial charge in [0.15, 0.2) is 0 Å². The monoisotopic (exact) mass is 697 g/mol. The topological polar surface area (TPSA) is 13.8 Å². The zero-order valence-electron chi connectivity index (χ0n) is 27.8. The number of rotatable bonds is 1. The Kier molecular flexibility index (Phi) is 4.81. The van der Waals surface area contributed by atoms with E-state index >= 15 is 0 Å². The highest BCUT2D eigenvalue weighted by Gasteiger charge is 2.43. The standard InChI is InChI=1S/C47H27N3S2/c1-3-9-34-28(7-1)31-19-21-36-43(46(31)48(34)27-16-22-40-41(24-27)52-39-12-6-5-11-38(39)51-40)32-18-14-25-13-17-30-29-8-2-4-10-35(29)50-44-33-23-26(33)15-20-37(44)49(36)47(32)42(25)45(30)50/h1-22,24,26,33H,23H2. The van der Waals surface area contributed by atoms with Crippen LogP contribution in [-0.4, -0.2) is 13.4 Å². The molecule has 242 valence electrons. The van der Waals surface area contributed by atoms with Crippen molar-refractivity contribution in [1.82, 2.24) is 13.4 Å². The highest BCUT2D eigenvalue weighted by atomic mass is 32.2. The van der Waals surface area contributed by atoms with Crippen LogP contribution >= 0.6 is 23.5 Å². The third-order valence-electron chi connectivity index (χ3n) is 12.2. The van der Waals surface area contributed by atoms with E-state index in [1.165, 1.54) is 119 Å². The number of para-hydroxylation sites is 2. The molecule has 1 fully saturated rings. The van der Waals surface area contributed by atoms with Crippen molar-refractivity contribution in [1.29, 1.82) is 0 Å². The molecule has 0 N–H and O–H groups in total. The van der Waals surface area contributed by atoms with Crippen molar-refractivity contribution < 1.29 is 0 Å². The summed E-state index contributed by atoms with van der Waals surface area (Å²) in [5.74, 6) is 1.15. The van der Waals surface area contributed by atoms with Gasteiger partial charge in [0.05, 0.1) is 44.5 Å². The van der Waals surface area contributed by atoms with Crippen LogP contribution in [0.5, 0.6) is 0 Å². The summed E-state index contributed by atoms with van der Waals surface area (Å²) >= 11 is 3.77. The molecule has 2 atom stereocenters. The molecule has 52 heavy (non-hydrogen) atoms. The molecule has 0 radical (unpaired) electrons. The van der Waals surface area contributed by atoms with Crippen LogP contribution in [0.1, 0.15) is 23.7 Å². The molecule has 0 saturated heterocycles. The van der Waals surface area contributed by atoms with E-state index in [-0.39, 0.29) is 0 Å². The van der Waals surface area contributed by atoms with Crippen molar-refractivity contribution in [3.63, 3.8) is 0 Å². The molecule has 5 heteroatoms. The average molecular weight is 698 g/mol. The summed E-state index contributed by atoms with van der Waals surface area (Å²) in [6, 6.07) is 48.2. The Morgan fingerprint density at radius 2 is 1.17 bits per heavy atom. The van der Waals surface area contributed by atoms with E-state index in [0.717, 1.165) is 0 Å². The van der Waals surface area contributed by atoms with Crippen LogP contribution in [0.3, 0.4) is 0 Å². The first-order valence-electron chi connectivity index (χ1n) is 18.2. The van der Waals surface area contributed by atoms with Crippen LogP contribution in [0.2, 0.25) is 0 Å². The van der Waals surface area contributed by atoms with Gasteiger partial charge in [0.25, 0.3) is 0 Å². The van der Waals surface area contributed by atoms with E-state index < -0.39 is 0 Å². The number of fused-ring (bicyclic) bond motifs is 17. The average Bonchev–Trinajstić information content (AvgIpc) is 3.71. The van der Waals surface area contributed by atoms with Crippen molar-refractivity contribution in [2.75, 3.05) is 0 Å². The van der Waals surface area contributed by atoms with Crippen LogP contribution in [0.4, 0.5) is 0 Å². The first kappa shape index (κ1) is 27.1. The lowest BCUT2D eigenvalue weighted by Gasteiger charge is -2.19. The maximum absolute atomic E-state index is 2.66. The molecule has 11 aromatic rings. The number of aromatic nitrogens is 3. The molecule has 3 nitrogen and oxygen atoms in total. The summed E-state index contributed by atoms with van der Waals surface area (Å²) < 4.78 is 7.86. The van der Waals surface area contributed by atoms with Gasteiger partial charge >= 0.3 is 0 Å². The highest BCUT2D eigenvalue weighted by molar-refractivity contribution is 8.05. The summed E-state index contributed by atoms with van der Waals surface area (Å²) in [4.78, 5) is 5.31. The van der Waals surface area contributed by atoms with Gasteiger partial charge in [0.1, 0.15) is 0 Å². The van der Waals surface area contributed by atoms with Crippen LogP contribution in [0, 0.1) is 5.92 Å². The van der Waals surface area contributed by atoms with Gasteiger partial charge in [-0.2, -0.15) is 0 Å². The minimum atomic E-state index is 0.530. The van der Waals surface area contributed by atoms with Crippen molar-refractivity contribution in [3.8, 4) is 5.69 Å². The molecule has 14 rings (SSSR count). The van der Waals surface area contributed by atoms with E-state index in [4.69, 9.17) is 0 Å². The quantitative estimate of drug-likeness (QED) is 0.169. The van der Waals surface area contributed by atoms with Crippen molar-refractivity contribution in [2.45, 2.75) is 31.9 Å². The van der Waals surface area contributed by atoms with E-state index in [2.05, 4.69) is 153 Å². The number of hydrogen-bond acceptors (Lipinski definition) is 2. The SMILES string of the molecule is C1=CC2CC2c2c1n1c3ccc4c5ccccc5n(-c5ccc6c(c5)Sc5ccccc5S6)c4c3c3ccc4ccc5c6ccccc6n2c5c4c31. The molecule has 2 unspecified atom stereocenters. The minimum absolute atomic E-state index is 0.530. The van der Waals surface area contributed by atoms with Gasteiger partial charge in [-0.15, -0.1) is 0 Å². The summed E-state index contributed by atoms with van der Waals surface area (Å²) in [6.07, 6.45) is 6.15. The summed E-state index contributed by atoms with van der Waals surface area (Å²) in [5, 5.41) is 10.6. The van der Waals surface area contributed by atoms with Crippen LogP contribution in [0.15, 0.2) is 153 Å². The molecule has 0 amide bonds. The zero-order chi connectivity index (χ0) is 33.4. The molecule has 4 aromatic heterocycles. The Bertz CT molecular complexity index is 3470. The molecule has 1 saturated carbocycles. The molecule has 2 aliphatic carbocycles.